The first-order valence-electron chi connectivity index (χ1n) is 7.28. The number of hydrogen-bond donors (Lipinski definition) is 2. The highest BCUT2D eigenvalue weighted by Crippen LogP contribution is 2.30. The van der Waals surface area contributed by atoms with Gasteiger partial charge in [-0.2, -0.15) is 9.40 Å². The third kappa shape index (κ3) is 2.75. The number of sulfonamides is 1. The quantitative estimate of drug-likeness (QED) is 0.832. The van der Waals surface area contributed by atoms with Crippen molar-refractivity contribution in [3.05, 3.63) is 11.4 Å². The second-order valence-electron chi connectivity index (χ2n) is 5.22. The van der Waals surface area contributed by atoms with Gasteiger partial charge in [0.25, 0.3) is 0 Å². The maximum absolute atomic E-state index is 12.9. The highest BCUT2D eigenvalue weighted by Gasteiger charge is 2.37. The van der Waals surface area contributed by atoms with E-state index in [1.807, 2.05) is 13.8 Å². The van der Waals surface area contributed by atoms with E-state index in [1.54, 1.807) is 11.2 Å². The smallest absolute Gasteiger partial charge is 0.247 e. The predicted molar refractivity (Wildman–Crippen MR) is 77.9 cm³/mol. The van der Waals surface area contributed by atoms with Gasteiger partial charge in [0.1, 0.15) is 4.90 Å². The van der Waals surface area contributed by atoms with E-state index in [4.69, 9.17) is 0 Å². The van der Waals surface area contributed by atoms with Crippen molar-refractivity contribution in [1.82, 2.24) is 19.8 Å². The molecule has 6 nitrogen and oxygen atoms in total. The Hall–Kier alpha value is -0.920. The summed E-state index contributed by atoms with van der Waals surface area (Å²) in [6, 6.07) is 0.126. The standard InChI is InChI=1S/C13H24N4O2S/c1-4-11-7-6-8-17(11)20(18,19)13-10(3)15-16-12(13)9-14-5-2/h11,14H,4-9H2,1-3H3,(H,15,16). The summed E-state index contributed by atoms with van der Waals surface area (Å²) >= 11 is 0. The molecular weight excluding hydrogens is 276 g/mol. The van der Waals surface area contributed by atoms with Crippen LogP contribution in [-0.2, 0) is 16.6 Å². The summed E-state index contributed by atoms with van der Waals surface area (Å²) in [5, 5.41) is 10.1. The number of aromatic amines is 1. The van der Waals surface area contributed by atoms with E-state index in [0.717, 1.165) is 25.8 Å². The van der Waals surface area contributed by atoms with Crippen molar-refractivity contribution in [2.75, 3.05) is 13.1 Å². The molecule has 1 aromatic rings. The predicted octanol–water partition coefficient (Wildman–Crippen LogP) is 1.39. The molecule has 0 aliphatic carbocycles. The van der Waals surface area contributed by atoms with Gasteiger partial charge in [-0.05, 0) is 32.7 Å². The lowest BCUT2D eigenvalue weighted by molar-refractivity contribution is 0.379. The molecule has 1 atom stereocenters. The average molecular weight is 300 g/mol. The molecule has 1 aliphatic rings. The third-order valence-corrected chi connectivity index (χ3v) is 6.02. The topological polar surface area (TPSA) is 78.1 Å². The highest BCUT2D eigenvalue weighted by molar-refractivity contribution is 7.89. The van der Waals surface area contributed by atoms with Crippen LogP contribution in [0.5, 0.6) is 0 Å². The van der Waals surface area contributed by atoms with Gasteiger partial charge in [-0.1, -0.05) is 13.8 Å². The zero-order valence-corrected chi connectivity index (χ0v) is 13.3. The molecule has 1 unspecified atom stereocenters. The van der Waals surface area contributed by atoms with Crippen molar-refractivity contribution in [3.8, 4) is 0 Å². The average Bonchev–Trinajstić information content (AvgIpc) is 3.02. The molecule has 0 aromatic carbocycles. The molecule has 2 rings (SSSR count). The van der Waals surface area contributed by atoms with Gasteiger partial charge in [0, 0.05) is 19.1 Å². The summed E-state index contributed by atoms with van der Waals surface area (Å²) in [6.45, 7) is 7.67. The Labute approximate surface area is 121 Å². The van der Waals surface area contributed by atoms with Crippen LogP contribution < -0.4 is 5.32 Å². The Kier molecular flexibility index (Phi) is 4.82. The number of aryl methyl sites for hydroxylation is 1. The zero-order valence-electron chi connectivity index (χ0n) is 12.4. The van der Waals surface area contributed by atoms with E-state index in [1.165, 1.54) is 0 Å². The molecule has 114 valence electrons. The maximum Gasteiger partial charge on any atom is 0.247 e. The third-order valence-electron chi connectivity index (χ3n) is 3.86. The molecule has 20 heavy (non-hydrogen) atoms. The van der Waals surface area contributed by atoms with Gasteiger partial charge in [-0.3, -0.25) is 5.10 Å². The van der Waals surface area contributed by atoms with E-state index in [9.17, 15) is 8.42 Å². The fraction of sp³-hybridized carbons (Fsp3) is 0.769. The van der Waals surface area contributed by atoms with Crippen molar-refractivity contribution in [3.63, 3.8) is 0 Å². The van der Waals surface area contributed by atoms with Gasteiger partial charge in [-0.15, -0.1) is 0 Å². The summed E-state index contributed by atoms with van der Waals surface area (Å²) in [6.07, 6.45) is 2.75. The molecular formula is C13H24N4O2S. The largest absolute Gasteiger partial charge is 0.311 e. The van der Waals surface area contributed by atoms with E-state index < -0.39 is 10.0 Å². The van der Waals surface area contributed by atoms with Gasteiger partial charge in [0.2, 0.25) is 10.0 Å². The molecule has 2 N–H and O–H groups in total. The van der Waals surface area contributed by atoms with Crippen LogP contribution in [0.4, 0.5) is 0 Å². The van der Waals surface area contributed by atoms with Gasteiger partial charge >= 0.3 is 0 Å². The molecule has 1 saturated heterocycles. The monoisotopic (exact) mass is 300 g/mol. The van der Waals surface area contributed by atoms with Gasteiger partial charge < -0.3 is 5.32 Å². The fourth-order valence-electron chi connectivity index (χ4n) is 2.83. The Morgan fingerprint density at radius 2 is 2.20 bits per heavy atom. The Morgan fingerprint density at radius 1 is 1.45 bits per heavy atom. The normalized spacial score (nSPS) is 20.6. The number of H-pyrrole nitrogens is 1. The number of hydrogen-bond acceptors (Lipinski definition) is 4. The number of aromatic nitrogens is 2. The molecule has 0 saturated carbocycles. The lowest BCUT2D eigenvalue weighted by atomic mass is 10.2. The first-order valence-corrected chi connectivity index (χ1v) is 8.72. The lowest BCUT2D eigenvalue weighted by Gasteiger charge is -2.23. The van der Waals surface area contributed by atoms with Crippen LogP contribution in [0.1, 0.15) is 44.5 Å². The van der Waals surface area contributed by atoms with Gasteiger partial charge in [0.15, 0.2) is 0 Å². The molecule has 7 heteroatoms. The van der Waals surface area contributed by atoms with E-state index in [0.29, 0.717) is 29.4 Å². The van der Waals surface area contributed by atoms with Crippen molar-refractivity contribution < 1.29 is 8.42 Å². The second-order valence-corrected chi connectivity index (χ2v) is 7.05. The lowest BCUT2D eigenvalue weighted by Crippen LogP contribution is -2.36. The van der Waals surface area contributed by atoms with Crippen LogP contribution in [0.2, 0.25) is 0 Å². The molecule has 1 fully saturated rings. The number of nitrogens with one attached hydrogen (secondary N) is 2. The van der Waals surface area contributed by atoms with E-state index >= 15 is 0 Å². The van der Waals surface area contributed by atoms with Crippen molar-refractivity contribution >= 4 is 10.0 Å². The zero-order chi connectivity index (χ0) is 14.8. The van der Waals surface area contributed by atoms with Crippen LogP contribution in [0, 0.1) is 6.92 Å². The Morgan fingerprint density at radius 3 is 2.85 bits per heavy atom. The minimum Gasteiger partial charge on any atom is -0.311 e. The van der Waals surface area contributed by atoms with Crippen molar-refractivity contribution in [2.24, 2.45) is 0 Å². The Balaban J connectivity index is 2.36. The minimum absolute atomic E-state index is 0.126. The second kappa shape index (κ2) is 6.24. The van der Waals surface area contributed by atoms with Crippen LogP contribution in [-0.4, -0.2) is 42.1 Å². The highest BCUT2D eigenvalue weighted by atomic mass is 32.2. The summed E-state index contributed by atoms with van der Waals surface area (Å²) in [5.74, 6) is 0. The van der Waals surface area contributed by atoms with Gasteiger partial charge in [0.05, 0.1) is 11.4 Å². The maximum atomic E-state index is 12.9. The molecule has 0 radical (unpaired) electrons. The van der Waals surface area contributed by atoms with Crippen LogP contribution in [0.25, 0.3) is 0 Å². The first-order chi connectivity index (χ1) is 9.52. The van der Waals surface area contributed by atoms with E-state index in [-0.39, 0.29) is 6.04 Å². The SMILES string of the molecule is CCNCc1n[nH]c(C)c1S(=O)(=O)N1CCCC1CC. The van der Waals surface area contributed by atoms with Gasteiger partial charge in [-0.25, -0.2) is 8.42 Å². The molecule has 1 aromatic heterocycles. The number of rotatable bonds is 6. The molecule has 2 heterocycles. The number of nitrogens with zero attached hydrogens (tertiary/aromatic N) is 2. The molecule has 0 amide bonds. The summed E-state index contributed by atoms with van der Waals surface area (Å²) in [5.41, 5.74) is 1.21. The summed E-state index contributed by atoms with van der Waals surface area (Å²) in [7, 11) is -3.45. The van der Waals surface area contributed by atoms with Crippen LogP contribution in [0.15, 0.2) is 4.90 Å². The molecule has 0 bridgehead atoms. The summed E-state index contributed by atoms with van der Waals surface area (Å²) in [4.78, 5) is 0.360. The van der Waals surface area contributed by atoms with Crippen LogP contribution in [0.3, 0.4) is 0 Å². The van der Waals surface area contributed by atoms with Crippen molar-refractivity contribution in [1.29, 1.82) is 0 Å². The van der Waals surface area contributed by atoms with E-state index in [2.05, 4.69) is 15.5 Å². The minimum atomic E-state index is -3.45. The van der Waals surface area contributed by atoms with Crippen LogP contribution >= 0.6 is 0 Å². The van der Waals surface area contributed by atoms with Crippen molar-refractivity contribution in [2.45, 2.75) is 57.5 Å². The first kappa shape index (κ1) is 15.5. The fourth-order valence-corrected chi connectivity index (χ4v) is 4.92. The molecule has 1 aliphatic heterocycles. The Bertz CT molecular complexity index is 553. The molecule has 0 spiro atoms. The summed E-state index contributed by atoms with van der Waals surface area (Å²) < 4.78 is 27.5.